The molecule has 0 amide bonds. The number of aromatic nitrogens is 3. The average Bonchev–Trinajstić information content (AvgIpc) is 3.22. The van der Waals surface area contributed by atoms with E-state index in [4.69, 9.17) is 4.74 Å². The zero-order valence-corrected chi connectivity index (χ0v) is 17.4. The molecule has 150 valence electrons. The van der Waals surface area contributed by atoms with Gasteiger partial charge in [0.2, 0.25) is 0 Å². The van der Waals surface area contributed by atoms with Gasteiger partial charge in [-0.25, -0.2) is 0 Å². The monoisotopic (exact) mass is 407 g/mol. The minimum atomic E-state index is 0.104. The molecule has 1 fully saturated rings. The fraction of sp³-hybridized carbons (Fsp3) is 0.348. The van der Waals surface area contributed by atoms with E-state index in [-0.39, 0.29) is 5.78 Å². The minimum Gasteiger partial charge on any atom is -0.496 e. The summed E-state index contributed by atoms with van der Waals surface area (Å²) in [6, 6.07) is 17.7. The van der Waals surface area contributed by atoms with Crippen molar-refractivity contribution in [1.29, 1.82) is 0 Å². The van der Waals surface area contributed by atoms with Gasteiger partial charge < -0.3 is 4.74 Å². The van der Waals surface area contributed by atoms with E-state index in [0.29, 0.717) is 11.8 Å². The summed E-state index contributed by atoms with van der Waals surface area (Å²) in [5, 5.41) is 9.81. The van der Waals surface area contributed by atoms with Crippen LogP contribution in [0.3, 0.4) is 0 Å². The van der Waals surface area contributed by atoms with E-state index in [1.165, 1.54) is 31.0 Å². The first-order chi connectivity index (χ1) is 14.3. The highest BCUT2D eigenvalue weighted by atomic mass is 32.2. The molecule has 1 aromatic heterocycles. The van der Waals surface area contributed by atoms with Crippen LogP contribution in [0.2, 0.25) is 0 Å². The Bertz CT molecular complexity index is 965. The van der Waals surface area contributed by atoms with Crippen LogP contribution in [0.25, 0.3) is 11.4 Å². The molecule has 0 bridgehead atoms. The molecule has 0 N–H and O–H groups in total. The number of hydrogen-bond donors (Lipinski definition) is 0. The molecule has 3 aromatic rings. The summed E-state index contributed by atoms with van der Waals surface area (Å²) in [7, 11) is 1.67. The first-order valence-corrected chi connectivity index (χ1v) is 11.1. The molecule has 0 aliphatic heterocycles. The van der Waals surface area contributed by atoms with Crippen molar-refractivity contribution in [3.05, 3.63) is 60.2 Å². The van der Waals surface area contributed by atoms with E-state index in [2.05, 4.69) is 14.8 Å². The third kappa shape index (κ3) is 4.37. The van der Waals surface area contributed by atoms with Gasteiger partial charge in [0.15, 0.2) is 16.8 Å². The molecular weight excluding hydrogens is 382 g/mol. The van der Waals surface area contributed by atoms with Gasteiger partial charge in [0.25, 0.3) is 0 Å². The SMILES string of the molecule is COc1ccccc1-c1nnc(SCC(=O)c2ccccc2)n1C1CCCCC1. The fourth-order valence-corrected chi connectivity index (χ4v) is 4.79. The largest absolute Gasteiger partial charge is 0.496 e. The number of para-hydroxylation sites is 1. The summed E-state index contributed by atoms with van der Waals surface area (Å²) in [5.74, 6) is 2.06. The Hall–Kier alpha value is -2.60. The Balaban J connectivity index is 1.65. The second kappa shape index (κ2) is 9.27. The summed E-state index contributed by atoms with van der Waals surface area (Å²) in [6.45, 7) is 0. The van der Waals surface area contributed by atoms with Crippen LogP contribution < -0.4 is 4.74 Å². The maximum Gasteiger partial charge on any atom is 0.192 e. The molecule has 2 aromatic carbocycles. The van der Waals surface area contributed by atoms with E-state index < -0.39 is 0 Å². The number of carbonyl (C=O) groups excluding carboxylic acids is 1. The van der Waals surface area contributed by atoms with Crippen LogP contribution in [-0.4, -0.2) is 33.4 Å². The number of thioether (sulfide) groups is 1. The topological polar surface area (TPSA) is 57.0 Å². The third-order valence-electron chi connectivity index (χ3n) is 5.38. The Morgan fingerprint density at radius 3 is 2.52 bits per heavy atom. The van der Waals surface area contributed by atoms with E-state index >= 15 is 0 Å². The van der Waals surface area contributed by atoms with Crippen molar-refractivity contribution in [2.75, 3.05) is 12.9 Å². The van der Waals surface area contributed by atoms with Crippen molar-refractivity contribution in [1.82, 2.24) is 14.8 Å². The highest BCUT2D eigenvalue weighted by Crippen LogP contribution is 2.38. The second-order valence-corrected chi connectivity index (χ2v) is 8.19. The molecule has 0 atom stereocenters. The number of rotatable bonds is 7. The third-order valence-corrected chi connectivity index (χ3v) is 6.32. The van der Waals surface area contributed by atoms with Crippen LogP contribution in [0.1, 0.15) is 48.5 Å². The van der Waals surface area contributed by atoms with Crippen LogP contribution in [0.15, 0.2) is 59.8 Å². The number of Topliss-reactive ketones (excluding diaryl/α,β-unsaturated/α-hetero) is 1. The predicted molar refractivity (Wildman–Crippen MR) is 116 cm³/mol. The lowest BCUT2D eigenvalue weighted by Crippen LogP contribution is -2.16. The van der Waals surface area contributed by atoms with Crippen LogP contribution >= 0.6 is 11.8 Å². The van der Waals surface area contributed by atoms with Gasteiger partial charge in [-0.3, -0.25) is 9.36 Å². The number of benzene rings is 2. The molecule has 4 rings (SSSR count). The summed E-state index contributed by atoms with van der Waals surface area (Å²) < 4.78 is 7.80. The lowest BCUT2D eigenvalue weighted by atomic mass is 9.95. The second-order valence-electron chi connectivity index (χ2n) is 7.25. The first kappa shape index (κ1) is 19.7. The summed E-state index contributed by atoms with van der Waals surface area (Å²) in [6.07, 6.45) is 5.92. The molecule has 0 unspecified atom stereocenters. The molecule has 29 heavy (non-hydrogen) atoms. The molecule has 1 aliphatic carbocycles. The van der Waals surface area contributed by atoms with E-state index in [0.717, 1.165) is 40.7 Å². The number of methoxy groups -OCH3 is 1. The Morgan fingerprint density at radius 1 is 1.03 bits per heavy atom. The molecule has 0 radical (unpaired) electrons. The van der Waals surface area contributed by atoms with E-state index in [9.17, 15) is 4.79 Å². The van der Waals surface area contributed by atoms with Crippen molar-refractivity contribution in [2.24, 2.45) is 0 Å². The van der Waals surface area contributed by atoms with Crippen molar-refractivity contribution < 1.29 is 9.53 Å². The molecule has 1 heterocycles. The van der Waals surface area contributed by atoms with Crippen molar-refractivity contribution in [3.8, 4) is 17.1 Å². The molecule has 1 aliphatic rings. The number of nitrogens with zero attached hydrogens (tertiary/aromatic N) is 3. The number of ketones is 1. The maximum atomic E-state index is 12.6. The highest BCUT2D eigenvalue weighted by molar-refractivity contribution is 7.99. The van der Waals surface area contributed by atoms with Crippen LogP contribution in [0.4, 0.5) is 0 Å². The molecular formula is C23H25N3O2S. The molecule has 6 heteroatoms. The Morgan fingerprint density at radius 2 is 1.76 bits per heavy atom. The van der Waals surface area contributed by atoms with Crippen LogP contribution in [0.5, 0.6) is 5.75 Å². The minimum absolute atomic E-state index is 0.104. The van der Waals surface area contributed by atoms with Crippen LogP contribution in [-0.2, 0) is 0 Å². The Kier molecular flexibility index (Phi) is 6.30. The number of hydrogen-bond acceptors (Lipinski definition) is 5. The van der Waals surface area contributed by atoms with Gasteiger partial charge in [-0.1, -0.05) is 73.5 Å². The van der Waals surface area contributed by atoms with Gasteiger partial charge in [0, 0.05) is 11.6 Å². The zero-order chi connectivity index (χ0) is 20.1. The van der Waals surface area contributed by atoms with Crippen LogP contribution in [0, 0.1) is 0 Å². The normalized spacial score (nSPS) is 14.7. The van der Waals surface area contributed by atoms with Gasteiger partial charge >= 0.3 is 0 Å². The molecule has 0 spiro atoms. The number of carbonyl (C=O) groups is 1. The lowest BCUT2D eigenvalue weighted by molar-refractivity contribution is 0.102. The standard InChI is InChI=1S/C23H25N3O2S/c1-28-21-15-9-8-14-19(21)22-24-25-23(26(22)18-12-6-3-7-13-18)29-16-20(27)17-10-4-2-5-11-17/h2,4-5,8-11,14-15,18H,3,6-7,12-13,16H2,1H3. The quantitative estimate of drug-likeness (QED) is 0.386. The average molecular weight is 408 g/mol. The van der Waals surface area contributed by atoms with Gasteiger partial charge in [0.1, 0.15) is 5.75 Å². The first-order valence-electron chi connectivity index (χ1n) is 10.1. The fourth-order valence-electron chi connectivity index (χ4n) is 3.89. The summed E-state index contributed by atoms with van der Waals surface area (Å²) in [4.78, 5) is 12.6. The predicted octanol–water partition coefficient (Wildman–Crippen LogP) is 5.43. The summed E-state index contributed by atoms with van der Waals surface area (Å²) >= 11 is 1.47. The van der Waals surface area contributed by atoms with E-state index in [1.54, 1.807) is 7.11 Å². The smallest absolute Gasteiger partial charge is 0.192 e. The van der Waals surface area contributed by atoms with Gasteiger partial charge in [-0.05, 0) is 25.0 Å². The van der Waals surface area contributed by atoms with Gasteiger partial charge in [0.05, 0.1) is 18.4 Å². The van der Waals surface area contributed by atoms with Crippen molar-refractivity contribution in [3.63, 3.8) is 0 Å². The summed E-state index contributed by atoms with van der Waals surface area (Å²) in [5.41, 5.74) is 1.67. The molecule has 0 saturated heterocycles. The highest BCUT2D eigenvalue weighted by Gasteiger charge is 2.25. The lowest BCUT2D eigenvalue weighted by Gasteiger charge is -2.26. The Labute approximate surface area is 175 Å². The van der Waals surface area contributed by atoms with Gasteiger partial charge in [-0.15, -0.1) is 10.2 Å². The van der Waals surface area contributed by atoms with E-state index in [1.807, 2.05) is 54.6 Å². The molecule has 1 saturated carbocycles. The van der Waals surface area contributed by atoms with Crippen molar-refractivity contribution in [2.45, 2.75) is 43.3 Å². The molecule has 5 nitrogen and oxygen atoms in total. The van der Waals surface area contributed by atoms with Crippen molar-refractivity contribution >= 4 is 17.5 Å². The zero-order valence-electron chi connectivity index (χ0n) is 16.6. The maximum absolute atomic E-state index is 12.6. The van der Waals surface area contributed by atoms with Gasteiger partial charge in [-0.2, -0.15) is 0 Å². The number of ether oxygens (including phenoxy) is 1.